The monoisotopic (exact) mass is 388 g/mol. The molecule has 4 rings (SSSR count). The maximum Gasteiger partial charge on any atom is 0.227 e. The summed E-state index contributed by atoms with van der Waals surface area (Å²) >= 11 is 0. The van der Waals surface area contributed by atoms with E-state index in [1.165, 1.54) is 5.69 Å². The summed E-state index contributed by atoms with van der Waals surface area (Å²) in [4.78, 5) is 16.4. The Morgan fingerprint density at radius 1 is 0.862 bits per heavy atom. The van der Waals surface area contributed by atoms with Crippen molar-refractivity contribution in [3.63, 3.8) is 0 Å². The molecule has 2 aromatic carbocycles. The molecule has 1 N–H and O–H groups in total. The molecule has 0 saturated carbocycles. The van der Waals surface area contributed by atoms with Gasteiger partial charge in [-0.2, -0.15) is 4.98 Å². The molecule has 3 aromatic rings. The van der Waals surface area contributed by atoms with Crippen LogP contribution in [0.2, 0.25) is 0 Å². The molecule has 150 valence electrons. The number of rotatable bonds is 5. The van der Waals surface area contributed by atoms with E-state index in [9.17, 15) is 0 Å². The minimum absolute atomic E-state index is 0.784. The van der Waals surface area contributed by atoms with Gasteiger partial charge in [0.2, 0.25) is 5.95 Å². The number of hydrogen-bond donors (Lipinski definition) is 1. The molecule has 1 aliphatic rings. The zero-order valence-corrected chi connectivity index (χ0v) is 17.3. The fraction of sp³-hybridized carbons (Fsp3) is 0.304. The minimum atomic E-state index is 0.784. The molecular formula is C23H28N6. The van der Waals surface area contributed by atoms with Crippen molar-refractivity contribution in [2.75, 3.05) is 62.4 Å². The van der Waals surface area contributed by atoms with E-state index in [-0.39, 0.29) is 0 Å². The van der Waals surface area contributed by atoms with E-state index >= 15 is 0 Å². The van der Waals surface area contributed by atoms with Crippen molar-refractivity contribution in [3.8, 4) is 11.3 Å². The molecule has 0 spiro atoms. The third-order valence-corrected chi connectivity index (χ3v) is 5.23. The second-order valence-corrected chi connectivity index (χ2v) is 7.66. The summed E-state index contributed by atoms with van der Waals surface area (Å²) in [7, 11) is 6.24. The van der Waals surface area contributed by atoms with Gasteiger partial charge < -0.3 is 20.0 Å². The van der Waals surface area contributed by atoms with E-state index in [1.807, 2.05) is 38.4 Å². The standard InChI is InChI=1S/C23H28N6/c1-27(2)20-11-9-19(10-12-20)24-22-17-21(18-7-5-4-6-8-18)25-23(26-22)29-15-13-28(3)14-16-29/h4-12,17H,13-16H2,1-3H3,(H,24,25,26). The number of benzene rings is 2. The number of piperazine rings is 1. The van der Waals surface area contributed by atoms with E-state index in [2.05, 4.69) is 63.5 Å². The maximum atomic E-state index is 4.88. The molecule has 29 heavy (non-hydrogen) atoms. The third kappa shape index (κ3) is 4.66. The SMILES string of the molecule is CN1CCN(c2nc(Nc3ccc(N(C)C)cc3)cc(-c3ccccc3)n2)CC1. The highest BCUT2D eigenvalue weighted by Crippen LogP contribution is 2.26. The van der Waals surface area contributed by atoms with Gasteiger partial charge in [-0.25, -0.2) is 4.98 Å². The Bertz CT molecular complexity index is 931. The van der Waals surface area contributed by atoms with Crippen molar-refractivity contribution >= 4 is 23.1 Å². The summed E-state index contributed by atoms with van der Waals surface area (Å²) in [5, 5.41) is 3.46. The smallest absolute Gasteiger partial charge is 0.227 e. The predicted molar refractivity (Wildman–Crippen MR) is 121 cm³/mol. The van der Waals surface area contributed by atoms with Crippen LogP contribution in [-0.4, -0.2) is 62.2 Å². The molecule has 0 radical (unpaired) electrons. The van der Waals surface area contributed by atoms with Crippen molar-refractivity contribution in [3.05, 3.63) is 60.7 Å². The zero-order chi connectivity index (χ0) is 20.2. The molecule has 6 nitrogen and oxygen atoms in total. The molecule has 1 saturated heterocycles. The Hall–Kier alpha value is -3.12. The molecular weight excluding hydrogens is 360 g/mol. The topological polar surface area (TPSA) is 47.5 Å². The summed E-state index contributed by atoms with van der Waals surface area (Å²) in [5.74, 6) is 1.59. The van der Waals surface area contributed by atoms with E-state index in [1.54, 1.807) is 0 Å². The van der Waals surface area contributed by atoms with E-state index in [0.717, 1.165) is 54.9 Å². The van der Waals surface area contributed by atoms with Crippen LogP contribution < -0.4 is 15.1 Å². The lowest BCUT2D eigenvalue weighted by Crippen LogP contribution is -2.45. The van der Waals surface area contributed by atoms with E-state index in [0.29, 0.717) is 0 Å². The van der Waals surface area contributed by atoms with E-state index in [4.69, 9.17) is 9.97 Å². The normalized spacial score (nSPS) is 14.7. The maximum absolute atomic E-state index is 4.88. The van der Waals surface area contributed by atoms with Gasteiger partial charge in [0.1, 0.15) is 5.82 Å². The van der Waals surface area contributed by atoms with Crippen LogP contribution >= 0.6 is 0 Å². The molecule has 2 heterocycles. The Kier molecular flexibility index (Phi) is 5.62. The summed E-state index contributed by atoms with van der Waals surface area (Å²) < 4.78 is 0. The van der Waals surface area contributed by atoms with Crippen LogP contribution in [0.15, 0.2) is 60.7 Å². The van der Waals surface area contributed by atoms with Gasteiger partial charge >= 0.3 is 0 Å². The van der Waals surface area contributed by atoms with Gasteiger partial charge in [-0.15, -0.1) is 0 Å². The summed E-state index contributed by atoms with van der Waals surface area (Å²) in [5.41, 5.74) is 4.21. The van der Waals surface area contributed by atoms with Crippen LogP contribution in [0.1, 0.15) is 0 Å². The highest BCUT2D eigenvalue weighted by molar-refractivity contribution is 5.68. The van der Waals surface area contributed by atoms with Gasteiger partial charge in [-0.05, 0) is 31.3 Å². The lowest BCUT2D eigenvalue weighted by molar-refractivity contribution is 0.311. The fourth-order valence-electron chi connectivity index (χ4n) is 3.39. The molecule has 1 aromatic heterocycles. The third-order valence-electron chi connectivity index (χ3n) is 5.23. The Labute approximate surface area is 172 Å². The number of likely N-dealkylation sites (N-methyl/N-ethyl adjacent to an activating group) is 1. The van der Waals surface area contributed by atoms with Crippen LogP contribution in [-0.2, 0) is 0 Å². The highest BCUT2D eigenvalue weighted by Gasteiger charge is 2.18. The first-order chi connectivity index (χ1) is 14.1. The number of aromatic nitrogens is 2. The zero-order valence-electron chi connectivity index (χ0n) is 17.3. The first kappa shape index (κ1) is 19.2. The Morgan fingerprint density at radius 2 is 1.55 bits per heavy atom. The molecule has 0 unspecified atom stereocenters. The van der Waals surface area contributed by atoms with Crippen LogP contribution in [0.5, 0.6) is 0 Å². The van der Waals surface area contributed by atoms with Crippen LogP contribution in [0.4, 0.5) is 23.1 Å². The van der Waals surface area contributed by atoms with Crippen molar-refractivity contribution < 1.29 is 0 Å². The number of anilines is 4. The number of nitrogens with zero attached hydrogens (tertiary/aromatic N) is 5. The van der Waals surface area contributed by atoms with E-state index < -0.39 is 0 Å². The van der Waals surface area contributed by atoms with Gasteiger partial charge in [0.15, 0.2) is 0 Å². The van der Waals surface area contributed by atoms with Gasteiger partial charge in [0.25, 0.3) is 0 Å². The summed E-state index contributed by atoms with van der Waals surface area (Å²) in [6, 6.07) is 20.7. The van der Waals surface area contributed by atoms with Crippen LogP contribution in [0.3, 0.4) is 0 Å². The number of nitrogens with one attached hydrogen (secondary N) is 1. The van der Waals surface area contributed by atoms with Gasteiger partial charge in [0.05, 0.1) is 5.69 Å². The molecule has 6 heteroatoms. The van der Waals surface area contributed by atoms with Crippen LogP contribution in [0.25, 0.3) is 11.3 Å². The summed E-state index contributed by atoms with van der Waals surface area (Å²) in [6.45, 7) is 3.92. The molecule has 0 amide bonds. The first-order valence-electron chi connectivity index (χ1n) is 10.0. The first-order valence-corrected chi connectivity index (χ1v) is 10.0. The van der Waals surface area contributed by atoms with Crippen molar-refractivity contribution in [1.29, 1.82) is 0 Å². The summed E-state index contributed by atoms with van der Waals surface area (Å²) in [6.07, 6.45) is 0. The quantitative estimate of drug-likeness (QED) is 0.719. The Morgan fingerprint density at radius 3 is 2.21 bits per heavy atom. The molecule has 1 fully saturated rings. The molecule has 0 atom stereocenters. The van der Waals surface area contributed by atoms with Crippen molar-refractivity contribution in [1.82, 2.24) is 14.9 Å². The lowest BCUT2D eigenvalue weighted by Gasteiger charge is -2.32. The average molecular weight is 389 g/mol. The van der Waals surface area contributed by atoms with Crippen LogP contribution in [0, 0.1) is 0 Å². The van der Waals surface area contributed by atoms with Gasteiger partial charge in [-0.1, -0.05) is 30.3 Å². The molecule has 1 aliphatic heterocycles. The second kappa shape index (κ2) is 8.49. The number of hydrogen-bond acceptors (Lipinski definition) is 6. The highest BCUT2D eigenvalue weighted by atomic mass is 15.3. The van der Waals surface area contributed by atoms with Gasteiger partial charge in [-0.3, -0.25) is 0 Å². The van der Waals surface area contributed by atoms with Gasteiger partial charge in [0, 0.05) is 63.3 Å². The van der Waals surface area contributed by atoms with Crippen molar-refractivity contribution in [2.45, 2.75) is 0 Å². The Balaban J connectivity index is 1.65. The predicted octanol–water partition coefficient (Wildman–Crippen LogP) is 3.71. The largest absolute Gasteiger partial charge is 0.378 e. The second-order valence-electron chi connectivity index (χ2n) is 7.66. The molecule has 0 bridgehead atoms. The molecule has 0 aliphatic carbocycles. The fourth-order valence-corrected chi connectivity index (χ4v) is 3.39. The lowest BCUT2D eigenvalue weighted by atomic mass is 10.1. The minimum Gasteiger partial charge on any atom is -0.378 e. The average Bonchev–Trinajstić information content (AvgIpc) is 2.75. The van der Waals surface area contributed by atoms with Crippen molar-refractivity contribution in [2.24, 2.45) is 0 Å².